The molecule has 18 heavy (non-hydrogen) atoms. The molecule has 0 radical (unpaired) electrons. The summed E-state index contributed by atoms with van der Waals surface area (Å²) in [6, 6.07) is 10.0. The van der Waals surface area contributed by atoms with Gasteiger partial charge in [-0.3, -0.25) is 0 Å². The molecule has 0 bridgehead atoms. The van der Waals surface area contributed by atoms with Gasteiger partial charge in [-0.15, -0.1) is 0 Å². The highest BCUT2D eigenvalue weighted by atomic mass is 19.1. The first-order valence-electron chi connectivity index (χ1n) is 5.61. The van der Waals surface area contributed by atoms with Crippen LogP contribution in [0.15, 0.2) is 30.3 Å². The van der Waals surface area contributed by atoms with Gasteiger partial charge in [0.2, 0.25) is 0 Å². The Morgan fingerprint density at radius 1 is 1.33 bits per heavy atom. The number of nitrogens with zero attached hydrogens (tertiary/aromatic N) is 2. The first kappa shape index (κ1) is 12.1. The molecular weight excluding hydrogens is 229 g/mol. The maximum atomic E-state index is 13.8. The number of nitrogen functional groups attached to an aromatic ring is 1. The van der Waals surface area contributed by atoms with Crippen LogP contribution in [-0.4, -0.2) is 4.98 Å². The van der Waals surface area contributed by atoms with Crippen molar-refractivity contribution in [2.45, 2.75) is 13.3 Å². The van der Waals surface area contributed by atoms with E-state index < -0.39 is 0 Å². The minimum absolute atomic E-state index is 0.148. The summed E-state index contributed by atoms with van der Waals surface area (Å²) in [6.07, 6.45) is 0.678. The van der Waals surface area contributed by atoms with Crippen LogP contribution in [0, 0.1) is 17.1 Å². The van der Waals surface area contributed by atoms with Crippen LogP contribution >= 0.6 is 0 Å². The fourth-order valence-corrected chi connectivity index (χ4v) is 1.81. The van der Waals surface area contributed by atoms with E-state index in [2.05, 4.69) is 4.98 Å². The van der Waals surface area contributed by atoms with Crippen molar-refractivity contribution in [3.8, 4) is 17.2 Å². The standard InChI is InChI=1S/C14H12FN3/c1-2-9-7-11(12(8-16)14(17)18-9)10-5-3-4-6-13(10)15/h3-7H,2H2,1H3,(H2,17,18). The minimum Gasteiger partial charge on any atom is -0.383 e. The SMILES string of the molecule is CCc1cc(-c2ccccc2F)c(C#N)c(N)n1. The number of anilines is 1. The molecule has 1 aromatic carbocycles. The number of pyridine rings is 1. The Balaban J connectivity index is 2.74. The number of aromatic nitrogens is 1. The number of nitriles is 1. The number of hydrogen-bond donors (Lipinski definition) is 1. The fraction of sp³-hybridized carbons (Fsp3) is 0.143. The molecule has 0 fully saturated rings. The van der Waals surface area contributed by atoms with Crippen molar-refractivity contribution in [1.29, 1.82) is 5.26 Å². The third-order valence-corrected chi connectivity index (χ3v) is 2.74. The molecule has 0 saturated carbocycles. The van der Waals surface area contributed by atoms with E-state index in [0.717, 1.165) is 5.69 Å². The van der Waals surface area contributed by atoms with E-state index in [0.29, 0.717) is 17.5 Å². The van der Waals surface area contributed by atoms with Crippen molar-refractivity contribution in [3.05, 3.63) is 47.4 Å². The molecule has 2 N–H and O–H groups in total. The first-order valence-corrected chi connectivity index (χ1v) is 5.61. The smallest absolute Gasteiger partial charge is 0.142 e. The summed E-state index contributed by atoms with van der Waals surface area (Å²) < 4.78 is 13.8. The lowest BCUT2D eigenvalue weighted by molar-refractivity contribution is 0.631. The molecule has 0 unspecified atom stereocenters. The molecule has 2 rings (SSSR count). The van der Waals surface area contributed by atoms with E-state index in [1.54, 1.807) is 24.3 Å². The average Bonchev–Trinajstić information content (AvgIpc) is 2.38. The second kappa shape index (κ2) is 4.84. The van der Waals surface area contributed by atoms with Gasteiger partial charge < -0.3 is 5.73 Å². The number of hydrogen-bond acceptors (Lipinski definition) is 3. The fourth-order valence-electron chi connectivity index (χ4n) is 1.81. The highest BCUT2D eigenvalue weighted by Crippen LogP contribution is 2.29. The van der Waals surface area contributed by atoms with Crippen molar-refractivity contribution in [3.63, 3.8) is 0 Å². The van der Waals surface area contributed by atoms with Gasteiger partial charge in [0.1, 0.15) is 23.3 Å². The molecule has 2 aromatic rings. The third kappa shape index (κ3) is 2.03. The zero-order valence-corrected chi connectivity index (χ0v) is 9.94. The molecule has 1 heterocycles. The molecule has 0 spiro atoms. The summed E-state index contributed by atoms with van der Waals surface area (Å²) in [5.74, 6) is -0.225. The average molecular weight is 241 g/mol. The molecule has 0 aliphatic rings. The summed E-state index contributed by atoms with van der Waals surface area (Å²) in [5, 5.41) is 9.12. The Morgan fingerprint density at radius 3 is 2.67 bits per heavy atom. The summed E-state index contributed by atoms with van der Waals surface area (Å²) in [5.41, 5.74) is 7.57. The van der Waals surface area contributed by atoms with Crippen LogP contribution < -0.4 is 5.73 Å². The van der Waals surface area contributed by atoms with Crippen LogP contribution in [0.4, 0.5) is 10.2 Å². The zero-order chi connectivity index (χ0) is 13.1. The number of rotatable bonds is 2. The van der Waals surface area contributed by atoms with E-state index >= 15 is 0 Å². The highest BCUT2D eigenvalue weighted by molar-refractivity contribution is 5.76. The van der Waals surface area contributed by atoms with E-state index in [-0.39, 0.29) is 17.2 Å². The molecule has 0 aliphatic heterocycles. The van der Waals surface area contributed by atoms with Crippen LogP contribution in [0.2, 0.25) is 0 Å². The van der Waals surface area contributed by atoms with Gasteiger partial charge in [-0.05, 0) is 18.6 Å². The van der Waals surface area contributed by atoms with Crippen molar-refractivity contribution in [1.82, 2.24) is 4.98 Å². The highest BCUT2D eigenvalue weighted by Gasteiger charge is 2.14. The van der Waals surface area contributed by atoms with Crippen molar-refractivity contribution >= 4 is 5.82 Å². The monoisotopic (exact) mass is 241 g/mol. The summed E-state index contributed by atoms with van der Waals surface area (Å²) >= 11 is 0. The molecular formula is C14H12FN3. The van der Waals surface area contributed by atoms with Crippen LogP contribution in [0.1, 0.15) is 18.2 Å². The zero-order valence-electron chi connectivity index (χ0n) is 9.94. The van der Waals surface area contributed by atoms with Crippen LogP contribution in [0.5, 0.6) is 0 Å². The van der Waals surface area contributed by atoms with Crippen molar-refractivity contribution < 1.29 is 4.39 Å². The maximum Gasteiger partial charge on any atom is 0.142 e. The van der Waals surface area contributed by atoms with Crippen LogP contribution in [-0.2, 0) is 6.42 Å². The largest absolute Gasteiger partial charge is 0.383 e. The molecule has 4 heteroatoms. The molecule has 0 saturated heterocycles. The lowest BCUT2D eigenvalue weighted by atomic mass is 9.99. The van der Waals surface area contributed by atoms with Gasteiger partial charge >= 0.3 is 0 Å². The molecule has 0 amide bonds. The Morgan fingerprint density at radius 2 is 2.06 bits per heavy atom. The van der Waals surface area contributed by atoms with Gasteiger partial charge in [-0.2, -0.15) is 5.26 Å². The van der Waals surface area contributed by atoms with E-state index in [9.17, 15) is 4.39 Å². The quantitative estimate of drug-likeness (QED) is 0.879. The number of benzene rings is 1. The predicted molar refractivity (Wildman–Crippen MR) is 68.1 cm³/mol. The number of halogens is 1. The molecule has 0 atom stereocenters. The second-order valence-electron chi connectivity index (χ2n) is 3.87. The Labute approximate surface area is 105 Å². The van der Waals surface area contributed by atoms with Gasteiger partial charge in [-0.1, -0.05) is 25.1 Å². The lowest BCUT2D eigenvalue weighted by Crippen LogP contribution is -2.01. The Bertz CT molecular complexity index is 629. The van der Waals surface area contributed by atoms with Gasteiger partial charge in [0, 0.05) is 16.8 Å². The van der Waals surface area contributed by atoms with Gasteiger partial charge in [0.25, 0.3) is 0 Å². The molecule has 1 aromatic heterocycles. The normalized spacial score (nSPS) is 10.1. The van der Waals surface area contributed by atoms with Crippen molar-refractivity contribution in [2.75, 3.05) is 5.73 Å². The van der Waals surface area contributed by atoms with Crippen LogP contribution in [0.3, 0.4) is 0 Å². The summed E-state index contributed by atoms with van der Waals surface area (Å²) in [4.78, 5) is 4.11. The summed E-state index contributed by atoms with van der Waals surface area (Å²) in [6.45, 7) is 1.93. The Kier molecular flexibility index (Phi) is 3.24. The van der Waals surface area contributed by atoms with Gasteiger partial charge in [-0.25, -0.2) is 9.37 Å². The predicted octanol–water partition coefficient (Wildman–Crippen LogP) is 2.90. The Hall–Kier alpha value is -2.41. The molecule has 0 aliphatic carbocycles. The number of aryl methyl sites for hydroxylation is 1. The van der Waals surface area contributed by atoms with E-state index in [1.807, 2.05) is 13.0 Å². The summed E-state index contributed by atoms with van der Waals surface area (Å²) in [7, 11) is 0. The topological polar surface area (TPSA) is 62.7 Å². The maximum absolute atomic E-state index is 13.8. The van der Waals surface area contributed by atoms with Crippen molar-refractivity contribution in [2.24, 2.45) is 0 Å². The van der Waals surface area contributed by atoms with Gasteiger partial charge in [0.05, 0.1) is 0 Å². The van der Waals surface area contributed by atoms with E-state index in [1.165, 1.54) is 6.07 Å². The van der Waals surface area contributed by atoms with Crippen LogP contribution in [0.25, 0.3) is 11.1 Å². The molecule has 90 valence electrons. The minimum atomic E-state index is -0.373. The first-order chi connectivity index (χ1) is 8.67. The lowest BCUT2D eigenvalue weighted by Gasteiger charge is -2.09. The molecule has 3 nitrogen and oxygen atoms in total. The third-order valence-electron chi connectivity index (χ3n) is 2.74. The van der Waals surface area contributed by atoms with Gasteiger partial charge in [0.15, 0.2) is 0 Å². The van der Waals surface area contributed by atoms with E-state index in [4.69, 9.17) is 11.0 Å². The second-order valence-corrected chi connectivity index (χ2v) is 3.87. The number of nitrogens with two attached hydrogens (primary N) is 1.